The molecule has 1 saturated heterocycles. The number of nitrogens with zero attached hydrogens (tertiary/aromatic N) is 4. The fourth-order valence-corrected chi connectivity index (χ4v) is 6.47. The van der Waals surface area contributed by atoms with E-state index in [4.69, 9.17) is 0 Å². The number of ketones is 1. The Morgan fingerprint density at radius 3 is 2.51 bits per heavy atom. The molecule has 0 radical (unpaired) electrons. The van der Waals surface area contributed by atoms with Crippen LogP contribution in [0.15, 0.2) is 90.0 Å². The maximum absolute atomic E-state index is 14.0. The van der Waals surface area contributed by atoms with Crippen molar-refractivity contribution < 1.29 is 18.0 Å². The Kier molecular flexibility index (Phi) is 6.64. The van der Waals surface area contributed by atoms with Crippen molar-refractivity contribution >= 4 is 21.7 Å². The minimum Gasteiger partial charge on any atom is -0.323 e. The highest BCUT2D eigenvalue weighted by molar-refractivity contribution is 7.89. The summed E-state index contributed by atoms with van der Waals surface area (Å²) >= 11 is 0. The van der Waals surface area contributed by atoms with Gasteiger partial charge in [-0.1, -0.05) is 44.2 Å². The van der Waals surface area contributed by atoms with Crippen molar-refractivity contribution in [2.24, 2.45) is 5.92 Å². The monoisotopic (exact) mass is 516 g/mol. The largest absolute Gasteiger partial charge is 0.323 e. The van der Waals surface area contributed by atoms with E-state index in [0.29, 0.717) is 12.1 Å². The van der Waals surface area contributed by atoms with Crippen molar-refractivity contribution in [3.8, 4) is 11.1 Å². The summed E-state index contributed by atoms with van der Waals surface area (Å²) in [5.74, 6) is -0.731. The lowest BCUT2D eigenvalue weighted by Crippen LogP contribution is -2.43. The Morgan fingerprint density at radius 1 is 1.03 bits per heavy atom. The quantitative estimate of drug-likeness (QED) is 0.475. The molecule has 0 bridgehead atoms. The lowest BCUT2D eigenvalue weighted by molar-refractivity contribution is -0.137. The molecule has 2 aliphatic heterocycles. The number of hydrogen-bond donors (Lipinski definition) is 0. The van der Waals surface area contributed by atoms with Crippen LogP contribution in [-0.4, -0.2) is 58.4 Å². The molecule has 1 aromatic carbocycles. The molecule has 1 fully saturated rings. The first kappa shape index (κ1) is 24.8. The van der Waals surface area contributed by atoms with Gasteiger partial charge < -0.3 is 4.90 Å². The Balaban J connectivity index is 1.44. The number of fused-ring (bicyclic) bond motifs is 1. The van der Waals surface area contributed by atoms with Gasteiger partial charge in [0.05, 0.1) is 18.2 Å². The van der Waals surface area contributed by atoms with Crippen molar-refractivity contribution in [1.29, 1.82) is 0 Å². The van der Waals surface area contributed by atoms with Gasteiger partial charge in [-0.2, -0.15) is 8.42 Å². The van der Waals surface area contributed by atoms with E-state index in [1.54, 1.807) is 30.6 Å². The third-order valence-electron chi connectivity index (χ3n) is 6.76. The molecule has 9 heteroatoms. The van der Waals surface area contributed by atoms with Crippen LogP contribution in [0.2, 0.25) is 0 Å². The fourth-order valence-electron chi connectivity index (χ4n) is 5.05. The summed E-state index contributed by atoms with van der Waals surface area (Å²) in [6, 6.07) is 15.4. The Bertz CT molecular complexity index is 1460. The predicted molar refractivity (Wildman–Crippen MR) is 139 cm³/mol. The molecule has 2 aromatic heterocycles. The molecule has 0 saturated carbocycles. The molecule has 1 amide bonds. The molecule has 8 nitrogen and oxygen atoms in total. The zero-order valence-corrected chi connectivity index (χ0v) is 21.5. The van der Waals surface area contributed by atoms with Gasteiger partial charge in [0, 0.05) is 25.1 Å². The van der Waals surface area contributed by atoms with Crippen LogP contribution in [0.25, 0.3) is 11.1 Å². The number of carbonyl (C=O) groups excluding carboxylic acids is 2. The highest BCUT2D eigenvalue weighted by Gasteiger charge is 2.50. The number of pyridine rings is 2. The van der Waals surface area contributed by atoms with Gasteiger partial charge >= 0.3 is 0 Å². The van der Waals surface area contributed by atoms with E-state index >= 15 is 0 Å². The van der Waals surface area contributed by atoms with Gasteiger partial charge in [0.15, 0.2) is 10.8 Å². The van der Waals surface area contributed by atoms with E-state index in [9.17, 15) is 18.0 Å². The van der Waals surface area contributed by atoms with Gasteiger partial charge in [-0.15, -0.1) is 0 Å². The minimum absolute atomic E-state index is 0.125. The van der Waals surface area contributed by atoms with Crippen molar-refractivity contribution in [2.45, 2.75) is 37.3 Å². The SMILES string of the molecule is CC(C)CC(C(=O)N1CC=C2C1C(=O)CN2S(=O)(=O)c1ccccn1)c1cccc(-c2ccncc2)c1. The molecule has 0 N–H and O–H groups in total. The number of sulfonamides is 1. The lowest BCUT2D eigenvalue weighted by atomic mass is 9.87. The third-order valence-corrected chi connectivity index (χ3v) is 8.45. The topological polar surface area (TPSA) is 101 Å². The average Bonchev–Trinajstić information content (AvgIpc) is 3.49. The lowest BCUT2D eigenvalue weighted by Gasteiger charge is -2.29. The highest BCUT2D eigenvalue weighted by Crippen LogP contribution is 2.37. The molecule has 2 atom stereocenters. The van der Waals surface area contributed by atoms with E-state index in [1.165, 1.54) is 17.2 Å². The maximum atomic E-state index is 14.0. The number of amides is 1. The van der Waals surface area contributed by atoms with Crippen LogP contribution in [0.1, 0.15) is 31.7 Å². The number of aromatic nitrogens is 2. The predicted octanol–water partition coefficient (Wildman–Crippen LogP) is 3.64. The number of rotatable bonds is 7. The zero-order chi connectivity index (χ0) is 26.2. The van der Waals surface area contributed by atoms with Crippen LogP contribution in [-0.2, 0) is 19.6 Å². The Morgan fingerprint density at radius 2 is 1.81 bits per heavy atom. The van der Waals surface area contributed by atoms with Gasteiger partial charge in [-0.25, -0.2) is 4.98 Å². The molecular formula is C28H28N4O4S. The van der Waals surface area contributed by atoms with Crippen molar-refractivity contribution in [3.63, 3.8) is 0 Å². The summed E-state index contributed by atoms with van der Waals surface area (Å²) in [5, 5.41) is -0.125. The second-order valence-corrected chi connectivity index (χ2v) is 11.5. The molecule has 2 unspecified atom stereocenters. The molecule has 4 heterocycles. The van der Waals surface area contributed by atoms with Crippen LogP contribution in [0.5, 0.6) is 0 Å². The Labute approximate surface area is 216 Å². The summed E-state index contributed by atoms with van der Waals surface area (Å²) in [6.45, 7) is 3.98. The van der Waals surface area contributed by atoms with Crippen LogP contribution < -0.4 is 0 Å². The summed E-state index contributed by atoms with van der Waals surface area (Å²) in [6.07, 6.45) is 7.13. The maximum Gasteiger partial charge on any atom is 0.282 e. The summed E-state index contributed by atoms with van der Waals surface area (Å²) in [4.78, 5) is 36.7. The van der Waals surface area contributed by atoms with Crippen LogP contribution in [0.3, 0.4) is 0 Å². The molecule has 2 aliphatic rings. The normalized spacial score (nSPS) is 18.2. The smallest absolute Gasteiger partial charge is 0.282 e. The average molecular weight is 517 g/mol. The van der Waals surface area contributed by atoms with Gasteiger partial charge in [-0.3, -0.25) is 18.9 Å². The van der Waals surface area contributed by atoms with Gasteiger partial charge in [0.25, 0.3) is 10.0 Å². The molecule has 0 aliphatic carbocycles. The van der Waals surface area contributed by atoms with E-state index < -0.39 is 22.0 Å². The summed E-state index contributed by atoms with van der Waals surface area (Å²) in [5.41, 5.74) is 3.17. The highest BCUT2D eigenvalue weighted by atomic mass is 32.2. The Hall–Kier alpha value is -3.85. The zero-order valence-electron chi connectivity index (χ0n) is 20.7. The number of benzene rings is 1. The van der Waals surface area contributed by atoms with E-state index in [2.05, 4.69) is 23.8 Å². The number of Topliss-reactive ketones (excluding diaryl/α,β-unsaturated/α-hetero) is 1. The minimum atomic E-state index is -4.01. The van der Waals surface area contributed by atoms with Crippen molar-refractivity contribution in [2.75, 3.05) is 13.1 Å². The molecule has 5 rings (SSSR count). The van der Waals surface area contributed by atoms with Crippen molar-refractivity contribution in [1.82, 2.24) is 19.2 Å². The van der Waals surface area contributed by atoms with Crippen molar-refractivity contribution in [3.05, 3.63) is 90.5 Å². The van der Waals surface area contributed by atoms with Crippen LogP contribution in [0, 0.1) is 5.92 Å². The second kappa shape index (κ2) is 9.89. The first-order valence-electron chi connectivity index (χ1n) is 12.2. The molecule has 3 aromatic rings. The first-order chi connectivity index (χ1) is 17.8. The van der Waals surface area contributed by atoms with Crippen LogP contribution in [0.4, 0.5) is 0 Å². The standard InChI is InChI=1S/C28H28N4O4S/c1-19(2)16-23(22-7-5-6-21(17-22)20-9-13-29-14-10-20)28(34)31-15-11-24-27(31)25(33)18-32(24)37(35,36)26-8-3-4-12-30-26/h3-14,17,19,23,27H,15-16,18H2,1-2H3. The molecule has 0 spiro atoms. The first-order valence-corrected chi connectivity index (χ1v) is 13.7. The van der Waals surface area contributed by atoms with E-state index in [-0.39, 0.29) is 35.7 Å². The van der Waals surface area contributed by atoms with Crippen LogP contribution >= 0.6 is 0 Å². The fraction of sp³-hybridized carbons (Fsp3) is 0.286. The second-order valence-electron chi connectivity index (χ2n) is 9.71. The summed E-state index contributed by atoms with van der Waals surface area (Å²) in [7, 11) is -4.01. The molecule has 37 heavy (non-hydrogen) atoms. The van der Waals surface area contributed by atoms with Gasteiger partial charge in [0.1, 0.15) is 6.04 Å². The molecule has 190 valence electrons. The summed E-state index contributed by atoms with van der Waals surface area (Å²) < 4.78 is 27.6. The number of hydrogen-bond acceptors (Lipinski definition) is 6. The van der Waals surface area contributed by atoms with E-state index in [0.717, 1.165) is 21.0 Å². The molecular weight excluding hydrogens is 488 g/mol. The van der Waals surface area contributed by atoms with Gasteiger partial charge in [-0.05, 0) is 59.4 Å². The van der Waals surface area contributed by atoms with E-state index in [1.807, 2.05) is 36.4 Å². The van der Waals surface area contributed by atoms with Gasteiger partial charge in [0.2, 0.25) is 5.91 Å². The number of carbonyl (C=O) groups is 2. The third kappa shape index (κ3) is 4.67.